The summed E-state index contributed by atoms with van der Waals surface area (Å²) in [5.41, 5.74) is 6.09. The van der Waals surface area contributed by atoms with Gasteiger partial charge in [0.15, 0.2) is 0 Å². The molecule has 0 unspecified atom stereocenters. The van der Waals surface area contributed by atoms with Crippen molar-refractivity contribution in [2.75, 3.05) is 25.0 Å². The molecule has 3 N–H and O–H groups in total. The van der Waals surface area contributed by atoms with Gasteiger partial charge in [-0.05, 0) is 26.0 Å². The van der Waals surface area contributed by atoms with Gasteiger partial charge in [-0.2, -0.15) is 0 Å². The van der Waals surface area contributed by atoms with Crippen LogP contribution in [0.3, 0.4) is 0 Å². The molecule has 1 rings (SSSR count). The van der Waals surface area contributed by atoms with Gasteiger partial charge in [-0.3, -0.25) is 14.6 Å². The van der Waals surface area contributed by atoms with E-state index in [9.17, 15) is 9.59 Å². The van der Waals surface area contributed by atoms with E-state index in [2.05, 4.69) is 10.3 Å². The molecule has 2 amide bonds. The van der Waals surface area contributed by atoms with Crippen molar-refractivity contribution >= 4 is 17.5 Å². The van der Waals surface area contributed by atoms with Gasteiger partial charge >= 0.3 is 0 Å². The molecule has 19 heavy (non-hydrogen) atoms. The Kier molecular flexibility index (Phi) is 5.78. The van der Waals surface area contributed by atoms with E-state index in [0.717, 1.165) is 18.8 Å². The summed E-state index contributed by atoms with van der Waals surface area (Å²) >= 11 is 0. The quantitative estimate of drug-likeness (QED) is 0.764. The van der Waals surface area contributed by atoms with Crippen molar-refractivity contribution in [1.29, 1.82) is 0 Å². The highest BCUT2D eigenvalue weighted by atomic mass is 16.2. The smallest absolute Gasteiger partial charge is 0.267 e. The van der Waals surface area contributed by atoms with Crippen LogP contribution in [0.25, 0.3) is 0 Å². The van der Waals surface area contributed by atoms with Gasteiger partial charge in [0.1, 0.15) is 5.69 Å². The molecule has 0 aromatic carbocycles. The van der Waals surface area contributed by atoms with Crippen molar-refractivity contribution in [3.63, 3.8) is 0 Å². The normalized spacial score (nSPS) is 10.0. The second-order valence-corrected chi connectivity index (χ2v) is 4.04. The third-order valence-corrected chi connectivity index (χ3v) is 2.80. The molecule has 0 bridgehead atoms. The van der Waals surface area contributed by atoms with E-state index < -0.39 is 5.91 Å². The monoisotopic (exact) mass is 264 g/mol. The molecular weight excluding hydrogens is 244 g/mol. The first-order valence-electron chi connectivity index (χ1n) is 6.36. The molecule has 1 aromatic heterocycles. The topological polar surface area (TPSA) is 88.3 Å². The lowest BCUT2D eigenvalue weighted by Crippen LogP contribution is -2.31. The number of hydrogen-bond acceptors (Lipinski definition) is 4. The number of rotatable bonds is 7. The fourth-order valence-corrected chi connectivity index (χ4v) is 1.72. The lowest BCUT2D eigenvalue weighted by molar-refractivity contribution is -0.130. The number of nitrogens with two attached hydrogens (primary N) is 1. The van der Waals surface area contributed by atoms with E-state index in [1.165, 1.54) is 6.20 Å². The maximum absolute atomic E-state index is 11.8. The summed E-state index contributed by atoms with van der Waals surface area (Å²) in [5.74, 6) is -0.454. The van der Waals surface area contributed by atoms with Crippen molar-refractivity contribution in [2.45, 2.75) is 20.3 Å². The number of primary amides is 1. The van der Waals surface area contributed by atoms with Gasteiger partial charge < -0.3 is 16.0 Å². The minimum absolute atomic E-state index is 0.113. The molecule has 6 nitrogen and oxygen atoms in total. The van der Waals surface area contributed by atoms with Gasteiger partial charge in [-0.15, -0.1) is 0 Å². The zero-order valence-electron chi connectivity index (χ0n) is 11.3. The fourth-order valence-electron chi connectivity index (χ4n) is 1.72. The SMILES string of the molecule is CCN(CC)C(=O)CCNc1ccnc(C(N)=O)c1. The number of carbonyl (C=O) groups is 2. The van der Waals surface area contributed by atoms with Crippen LogP contribution in [-0.2, 0) is 4.79 Å². The van der Waals surface area contributed by atoms with Crippen molar-refractivity contribution in [2.24, 2.45) is 5.73 Å². The second-order valence-electron chi connectivity index (χ2n) is 4.04. The second kappa shape index (κ2) is 7.35. The largest absolute Gasteiger partial charge is 0.384 e. The summed E-state index contributed by atoms with van der Waals surface area (Å²) in [6.45, 7) is 5.86. The van der Waals surface area contributed by atoms with Crippen LogP contribution in [0.1, 0.15) is 30.8 Å². The average molecular weight is 264 g/mol. The van der Waals surface area contributed by atoms with Gasteiger partial charge in [0.25, 0.3) is 5.91 Å². The molecular formula is C13H20N4O2. The molecule has 0 saturated carbocycles. The molecule has 0 aliphatic rings. The fraction of sp³-hybridized carbons (Fsp3) is 0.462. The standard InChI is InChI=1S/C13H20N4O2/c1-3-17(4-2)12(18)6-8-15-10-5-7-16-11(9-10)13(14)19/h5,7,9H,3-4,6,8H2,1-2H3,(H2,14,19)(H,15,16). The number of pyridine rings is 1. The molecule has 0 fully saturated rings. The predicted molar refractivity (Wildman–Crippen MR) is 73.8 cm³/mol. The minimum atomic E-state index is -0.567. The van der Waals surface area contributed by atoms with Gasteiger partial charge in [0, 0.05) is 37.9 Å². The summed E-state index contributed by atoms with van der Waals surface area (Å²) in [5, 5.41) is 3.08. The molecule has 6 heteroatoms. The van der Waals surface area contributed by atoms with E-state index in [1.54, 1.807) is 17.0 Å². The van der Waals surface area contributed by atoms with E-state index >= 15 is 0 Å². The Morgan fingerprint density at radius 3 is 2.63 bits per heavy atom. The van der Waals surface area contributed by atoms with Crippen LogP contribution in [0.15, 0.2) is 18.3 Å². The first-order valence-corrected chi connectivity index (χ1v) is 6.36. The van der Waals surface area contributed by atoms with Crippen molar-refractivity contribution in [1.82, 2.24) is 9.88 Å². The Bertz CT molecular complexity index is 444. The Morgan fingerprint density at radius 2 is 2.05 bits per heavy atom. The number of aromatic nitrogens is 1. The first-order chi connectivity index (χ1) is 9.08. The van der Waals surface area contributed by atoms with Crippen LogP contribution in [0, 0.1) is 0 Å². The van der Waals surface area contributed by atoms with E-state index in [0.29, 0.717) is 13.0 Å². The van der Waals surface area contributed by atoms with Crippen LogP contribution in [0.5, 0.6) is 0 Å². The number of hydrogen-bond donors (Lipinski definition) is 2. The zero-order valence-corrected chi connectivity index (χ0v) is 11.3. The Balaban J connectivity index is 2.47. The lowest BCUT2D eigenvalue weighted by atomic mass is 10.3. The molecule has 0 radical (unpaired) electrons. The van der Waals surface area contributed by atoms with Crippen LogP contribution in [0.4, 0.5) is 5.69 Å². The van der Waals surface area contributed by atoms with Gasteiger partial charge in [-0.25, -0.2) is 0 Å². The predicted octanol–water partition coefficient (Wildman–Crippen LogP) is 0.851. The van der Waals surface area contributed by atoms with Gasteiger partial charge in [-0.1, -0.05) is 0 Å². The van der Waals surface area contributed by atoms with Crippen LogP contribution in [-0.4, -0.2) is 41.3 Å². The van der Waals surface area contributed by atoms with E-state index in [-0.39, 0.29) is 11.6 Å². The molecule has 0 atom stereocenters. The van der Waals surface area contributed by atoms with Crippen LogP contribution >= 0.6 is 0 Å². The summed E-state index contributed by atoms with van der Waals surface area (Å²) in [6, 6.07) is 3.30. The summed E-state index contributed by atoms with van der Waals surface area (Å²) in [6.07, 6.45) is 1.92. The van der Waals surface area contributed by atoms with Crippen LogP contribution < -0.4 is 11.1 Å². The highest BCUT2D eigenvalue weighted by molar-refractivity contribution is 5.91. The molecule has 0 aliphatic carbocycles. The lowest BCUT2D eigenvalue weighted by Gasteiger charge is -2.18. The Morgan fingerprint density at radius 1 is 1.37 bits per heavy atom. The third kappa shape index (κ3) is 4.57. The maximum atomic E-state index is 11.8. The Hall–Kier alpha value is -2.11. The zero-order chi connectivity index (χ0) is 14.3. The van der Waals surface area contributed by atoms with Gasteiger partial charge in [0.05, 0.1) is 0 Å². The van der Waals surface area contributed by atoms with E-state index in [1.807, 2.05) is 13.8 Å². The molecule has 0 aliphatic heterocycles. The molecule has 0 saturated heterocycles. The number of nitrogens with one attached hydrogen (secondary N) is 1. The average Bonchev–Trinajstić information content (AvgIpc) is 2.40. The van der Waals surface area contributed by atoms with Gasteiger partial charge in [0.2, 0.25) is 5.91 Å². The molecule has 104 valence electrons. The number of carbonyl (C=O) groups excluding carboxylic acids is 2. The number of amides is 2. The maximum Gasteiger partial charge on any atom is 0.267 e. The van der Waals surface area contributed by atoms with Crippen molar-refractivity contribution in [3.05, 3.63) is 24.0 Å². The Labute approximate surface area is 113 Å². The summed E-state index contributed by atoms with van der Waals surface area (Å²) in [7, 11) is 0. The molecule has 1 aromatic rings. The third-order valence-electron chi connectivity index (χ3n) is 2.80. The summed E-state index contributed by atoms with van der Waals surface area (Å²) < 4.78 is 0. The minimum Gasteiger partial charge on any atom is -0.384 e. The van der Waals surface area contributed by atoms with Crippen molar-refractivity contribution in [3.8, 4) is 0 Å². The van der Waals surface area contributed by atoms with E-state index in [4.69, 9.17) is 5.73 Å². The number of anilines is 1. The van der Waals surface area contributed by atoms with Crippen molar-refractivity contribution < 1.29 is 9.59 Å². The highest BCUT2D eigenvalue weighted by Crippen LogP contribution is 2.07. The number of nitrogens with zero attached hydrogens (tertiary/aromatic N) is 2. The molecule has 0 spiro atoms. The first kappa shape index (κ1) is 14.9. The van der Waals surface area contributed by atoms with Crippen LogP contribution in [0.2, 0.25) is 0 Å². The highest BCUT2D eigenvalue weighted by Gasteiger charge is 2.09. The molecule has 1 heterocycles. The summed E-state index contributed by atoms with van der Waals surface area (Å²) in [4.78, 5) is 28.4.